The molecule has 4 nitrogen and oxygen atoms in total. The average Bonchev–Trinajstić information content (AvgIpc) is 2.82. The Balaban J connectivity index is 1.77. The van der Waals surface area contributed by atoms with Crippen molar-refractivity contribution in [2.75, 3.05) is 13.1 Å². The second-order valence-electron chi connectivity index (χ2n) is 6.16. The molecule has 3 rings (SSSR count). The number of imidazole rings is 1. The van der Waals surface area contributed by atoms with Gasteiger partial charge in [-0.3, -0.25) is 0 Å². The quantitative estimate of drug-likeness (QED) is 0.934. The largest absolute Gasteiger partial charge is 0.506 e. The molecule has 2 aromatic heterocycles. The van der Waals surface area contributed by atoms with Gasteiger partial charge in [0.05, 0.1) is 17.9 Å². The number of piperidine rings is 1. The van der Waals surface area contributed by atoms with Gasteiger partial charge in [0.15, 0.2) is 0 Å². The van der Waals surface area contributed by atoms with Crippen LogP contribution in [-0.4, -0.2) is 38.5 Å². The van der Waals surface area contributed by atoms with E-state index in [2.05, 4.69) is 23.7 Å². The normalized spacial score (nSPS) is 20.9. The van der Waals surface area contributed by atoms with Crippen LogP contribution in [0.4, 0.5) is 0 Å². The predicted octanol–water partition coefficient (Wildman–Crippen LogP) is 2.70. The number of likely N-dealkylation sites (tertiary alicyclic amines) is 1. The second kappa shape index (κ2) is 5.44. The topological polar surface area (TPSA) is 40.8 Å². The molecule has 3 heterocycles. The van der Waals surface area contributed by atoms with Crippen LogP contribution in [-0.2, 0) is 6.42 Å². The summed E-state index contributed by atoms with van der Waals surface area (Å²) in [5.74, 6) is 2.02. The van der Waals surface area contributed by atoms with E-state index in [-0.39, 0.29) is 0 Å². The summed E-state index contributed by atoms with van der Waals surface area (Å²) >= 11 is 0. The fourth-order valence-corrected chi connectivity index (χ4v) is 3.17. The first-order valence-electron chi connectivity index (χ1n) is 7.52. The van der Waals surface area contributed by atoms with Gasteiger partial charge in [-0.25, -0.2) is 4.98 Å². The summed E-state index contributed by atoms with van der Waals surface area (Å²) in [6, 6.07) is 4.24. The second-order valence-corrected chi connectivity index (χ2v) is 6.16. The van der Waals surface area contributed by atoms with Crippen LogP contribution >= 0.6 is 0 Å². The first kappa shape index (κ1) is 13.4. The van der Waals surface area contributed by atoms with Crippen molar-refractivity contribution < 1.29 is 5.11 Å². The van der Waals surface area contributed by atoms with Crippen LogP contribution in [0.2, 0.25) is 0 Å². The summed E-state index contributed by atoms with van der Waals surface area (Å²) in [7, 11) is 0. The highest BCUT2D eigenvalue weighted by Gasteiger charge is 2.23. The summed E-state index contributed by atoms with van der Waals surface area (Å²) in [5.41, 5.74) is 1.05. The number of hydrogen-bond acceptors (Lipinski definition) is 3. The lowest BCUT2D eigenvalue weighted by Gasteiger charge is -2.35. The molecule has 0 aliphatic carbocycles. The minimum atomic E-state index is 0.296. The molecule has 2 aromatic rings. The maximum absolute atomic E-state index is 9.64. The van der Waals surface area contributed by atoms with Crippen LogP contribution < -0.4 is 0 Å². The van der Waals surface area contributed by atoms with Crippen LogP contribution in [0.25, 0.3) is 5.52 Å². The molecule has 1 unspecified atom stereocenters. The maximum Gasteiger partial charge on any atom is 0.132 e. The summed E-state index contributed by atoms with van der Waals surface area (Å²) in [6.45, 7) is 6.92. The first-order chi connectivity index (χ1) is 9.63. The monoisotopic (exact) mass is 273 g/mol. The van der Waals surface area contributed by atoms with Crippen molar-refractivity contribution in [3.8, 4) is 5.75 Å². The van der Waals surface area contributed by atoms with Gasteiger partial charge in [-0.15, -0.1) is 0 Å². The number of aromatic hydroxyl groups is 1. The van der Waals surface area contributed by atoms with Gasteiger partial charge < -0.3 is 14.4 Å². The van der Waals surface area contributed by atoms with Gasteiger partial charge in [0.2, 0.25) is 0 Å². The van der Waals surface area contributed by atoms with Crippen LogP contribution in [0.3, 0.4) is 0 Å². The third-order valence-corrected chi connectivity index (χ3v) is 4.34. The molecular formula is C16H23N3O. The minimum Gasteiger partial charge on any atom is -0.506 e. The molecule has 1 aliphatic rings. The van der Waals surface area contributed by atoms with Crippen LogP contribution in [0.5, 0.6) is 5.75 Å². The van der Waals surface area contributed by atoms with E-state index < -0.39 is 0 Å². The third kappa shape index (κ3) is 2.66. The minimum absolute atomic E-state index is 0.296. The van der Waals surface area contributed by atoms with E-state index in [1.807, 2.05) is 16.7 Å². The summed E-state index contributed by atoms with van der Waals surface area (Å²) in [5, 5.41) is 9.64. The number of pyridine rings is 1. The summed E-state index contributed by atoms with van der Waals surface area (Å²) in [4.78, 5) is 7.09. The molecule has 0 radical (unpaired) electrons. The lowest BCUT2D eigenvalue weighted by molar-refractivity contribution is 0.138. The molecule has 0 aromatic carbocycles. The number of rotatable bonds is 3. The highest BCUT2D eigenvalue weighted by molar-refractivity contribution is 5.48. The van der Waals surface area contributed by atoms with Gasteiger partial charge in [0, 0.05) is 19.0 Å². The standard InChI is InChI=1S/C16H23N3O/c1-12(2)18-7-3-4-13(10-18)8-16-17-9-14-5-6-15(20)11-19(14)16/h5-6,9,11-13,20H,3-4,7-8,10H2,1-2H3. The first-order valence-corrected chi connectivity index (χ1v) is 7.52. The zero-order chi connectivity index (χ0) is 14.1. The Labute approximate surface area is 120 Å². The van der Waals surface area contributed by atoms with E-state index in [9.17, 15) is 5.11 Å². The van der Waals surface area contributed by atoms with Crippen LogP contribution in [0.1, 0.15) is 32.5 Å². The van der Waals surface area contributed by atoms with E-state index in [4.69, 9.17) is 0 Å². The highest BCUT2D eigenvalue weighted by atomic mass is 16.3. The SMILES string of the molecule is CC(C)N1CCCC(Cc2ncc3ccc(O)cn23)C1. The Kier molecular flexibility index (Phi) is 3.66. The number of hydrogen-bond donors (Lipinski definition) is 1. The Morgan fingerprint density at radius 2 is 2.25 bits per heavy atom. The molecule has 1 N–H and O–H groups in total. The smallest absolute Gasteiger partial charge is 0.132 e. The van der Waals surface area contributed by atoms with Gasteiger partial charge in [-0.2, -0.15) is 0 Å². The molecule has 0 amide bonds. The average molecular weight is 273 g/mol. The highest BCUT2D eigenvalue weighted by Crippen LogP contribution is 2.23. The molecular weight excluding hydrogens is 250 g/mol. The van der Waals surface area contributed by atoms with E-state index in [1.54, 1.807) is 12.3 Å². The fraction of sp³-hybridized carbons (Fsp3) is 0.562. The molecule has 0 spiro atoms. The van der Waals surface area contributed by atoms with Crippen molar-refractivity contribution in [1.29, 1.82) is 0 Å². The Bertz CT molecular complexity index is 590. The van der Waals surface area contributed by atoms with E-state index >= 15 is 0 Å². The van der Waals surface area contributed by atoms with Gasteiger partial charge in [-0.1, -0.05) is 0 Å². The molecule has 1 aliphatic heterocycles. The van der Waals surface area contributed by atoms with Crippen LogP contribution in [0.15, 0.2) is 24.5 Å². The van der Waals surface area contributed by atoms with Crippen molar-refractivity contribution in [1.82, 2.24) is 14.3 Å². The number of aromatic nitrogens is 2. The molecule has 0 bridgehead atoms. The molecule has 1 atom stereocenters. The van der Waals surface area contributed by atoms with Crippen molar-refractivity contribution >= 4 is 5.52 Å². The van der Waals surface area contributed by atoms with E-state index in [1.165, 1.54) is 19.4 Å². The lowest BCUT2D eigenvalue weighted by Crippen LogP contribution is -2.40. The van der Waals surface area contributed by atoms with Gasteiger partial charge in [0.1, 0.15) is 11.6 Å². The predicted molar refractivity (Wildman–Crippen MR) is 80.0 cm³/mol. The molecule has 0 saturated carbocycles. The maximum atomic E-state index is 9.64. The van der Waals surface area contributed by atoms with Gasteiger partial charge >= 0.3 is 0 Å². The van der Waals surface area contributed by atoms with Crippen molar-refractivity contribution in [3.05, 3.63) is 30.4 Å². The van der Waals surface area contributed by atoms with E-state index in [0.717, 1.165) is 24.3 Å². The molecule has 20 heavy (non-hydrogen) atoms. The van der Waals surface area contributed by atoms with Crippen molar-refractivity contribution in [2.24, 2.45) is 5.92 Å². The van der Waals surface area contributed by atoms with Gasteiger partial charge in [-0.05, 0) is 51.3 Å². The summed E-state index contributed by atoms with van der Waals surface area (Å²) < 4.78 is 2.02. The third-order valence-electron chi connectivity index (χ3n) is 4.34. The Hall–Kier alpha value is -1.55. The van der Waals surface area contributed by atoms with E-state index in [0.29, 0.717) is 17.7 Å². The molecule has 1 saturated heterocycles. The molecule has 1 fully saturated rings. The fourth-order valence-electron chi connectivity index (χ4n) is 3.17. The zero-order valence-electron chi connectivity index (χ0n) is 12.3. The lowest BCUT2D eigenvalue weighted by atomic mass is 9.93. The van der Waals surface area contributed by atoms with Crippen molar-refractivity contribution in [2.45, 2.75) is 39.2 Å². The number of nitrogens with zero attached hydrogens (tertiary/aromatic N) is 3. The Morgan fingerprint density at radius 3 is 3.05 bits per heavy atom. The number of fused-ring (bicyclic) bond motifs is 1. The van der Waals surface area contributed by atoms with Crippen LogP contribution in [0, 0.1) is 5.92 Å². The van der Waals surface area contributed by atoms with Crippen molar-refractivity contribution in [3.63, 3.8) is 0 Å². The molecule has 108 valence electrons. The Morgan fingerprint density at radius 1 is 1.40 bits per heavy atom. The summed E-state index contributed by atoms with van der Waals surface area (Å²) in [6.07, 6.45) is 7.19. The molecule has 4 heteroatoms. The zero-order valence-corrected chi connectivity index (χ0v) is 12.3. The van der Waals surface area contributed by atoms with Gasteiger partial charge in [0.25, 0.3) is 0 Å².